The van der Waals surface area contributed by atoms with Crippen molar-refractivity contribution in [2.24, 2.45) is 5.41 Å². The fourth-order valence-electron chi connectivity index (χ4n) is 4.18. The molecule has 0 aromatic heterocycles. The summed E-state index contributed by atoms with van der Waals surface area (Å²) >= 11 is 0. The van der Waals surface area contributed by atoms with Crippen LogP contribution in [-0.2, 0) is 4.74 Å². The van der Waals surface area contributed by atoms with Crippen molar-refractivity contribution in [3.63, 3.8) is 0 Å². The van der Waals surface area contributed by atoms with E-state index in [4.69, 9.17) is 4.74 Å². The summed E-state index contributed by atoms with van der Waals surface area (Å²) in [7, 11) is 0. The lowest BCUT2D eigenvalue weighted by Crippen LogP contribution is -2.65. The minimum Gasteiger partial charge on any atom is -0.375 e. The van der Waals surface area contributed by atoms with Gasteiger partial charge < -0.3 is 10.1 Å². The van der Waals surface area contributed by atoms with Gasteiger partial charge in [0.25, 0.3) is 0 Å². The standard InChI is InChI=1S/C17H33NO/c1-4-9-14(3)19-16-13-15(18-12-5-2)17(16)10-7-6-8-11-17/h14-16,18H,4-13H2,1-3H3. The first-order valence-electron chi connectivity index (χ1n) is 8.61. The summed E-state index contributed by atoms with van der Waals surface area (Å²) in [5, 5.41) is 3.78. The quantitative estimate of drug-likeness (QED) is 0.743. The van der Waals surface area contributed by atoms with E-state index < -0.39 is 0 Å². The lowest BCUT2D eigenvalue weighted by molar-refractivity contribution is -0.174. The van der Waals surface area contributed by atoms with Crippen molar-refractivity contribution in [3.05, 3.63) is 0 Å². The van der Waals surface area contributed by atoms with Gasteiger partial charge in [0.2, 0.25) is 0 Å². The maximum Gasteiger partial charge on any atom is 0.0664 e. The molecule has 0 radical (unpaired) electrons. The van der Waals surface area contributed by atoms with Crippen LogP contribution >= 0.6 is 0 Å². The van der Waals surface area contributed by atoms with E-state index in [0.29, 0.717) is 17.6 Å². The Labute approximate surface area is 119 Å². The van der Waals surface area contributed by atoms with Gasteiger partial charge in [-0.25, -0.2) is 0 Å². The highest BCUT2D eigenvalue weighted by Gasteiger charge is 2.55. The summed E-state index contributed by atoms with van der Waals surface area (Å²) in [6.45, 7) is 7.94. The normalized spacial score (nSPS) is 31.1. The first kappa shape index (κ1) is 15.3. The Hall–Kier alpha value is -0.0800. The highest BCUT2D eigenvalue weighted by atomic mass is 16.5. The minimum atomic E-state index is 0.445. The predicted octanol–water partition coefficient (Wildman–Crippen LogP) is 4.28. The molecule has 2 saturated carbocycles. The van der Waals surface area contributed by atoms with Crippen molar-refractivity contribution in [2.75, 3.05) is 6.54 Å². The van der Waals surface area contributed by atoms with Crippen molar-refractivity contribution in [1.82, 2.24) is 5.32 Å². The molecular formula is C17H33NO. The van der Waals surface area contributed by atoms with Gasteiger partial charge in [-0.1, -0.05) is 39.5 Å². The van der Waals surface area contributed by atoms with Crippen LogP contribution in [0.5, 0.6) is 0 Å². The van der Waals surface area contributed by atoms with Gasteiger partial charge in [0.1, 0.15) is 0 Å². The molecule has 2 heteroatoms. The van der Waals surface area contributed by atoms with E-state index >= 15 is 0 Å². The second-order valence-electron chi connectivity index (χ2n) is 6.76. The van der Waals surface area contributed by atoms with Crippen LogP contribution in [0.3, 0.4) is 0 Å². The number of nitrogens with one attached hydrogen (secondary N) is 1. The molecule has 2 fully saturated rings. The second-order valence-corrected chi connectivity index (χ2v) is 6.76. The van der Waals surface area contributed by atoms with E-state index in [9.17, 15) is 0 Å². The Morgan fingerprint density at radius 1 is 1.16 bits per heavy atom. The molecular weight excluding hydrogens is 234 g/mol. The monoisotopic (exact) mass is 267 g/mol. The van der Waals surface area contributed by atoms with Gasteiger partial charge in [0.05, 0.1) is 12.2 Å². The number of hydrogen-bond acceptors (Lipinski definition) is 2. The molecule has 112 valence electrons. The first-order valence-corrected chi connectivity index (χ1v) is 8.61. The molecule has 0 bridgehead atoms. The first-order chi connectivity index (χ1) is 9.23. The lowest BCUT2D eigenvalue weighted by Gasteiger charge is -2.58. The highest BCUT2D eigenvalue weighted by molar-refractivity contribution is 5.09. The van der Waals surface area contributed by atoms with E-state index in [1.54, 1.807) is 0 Å². The van der Waals surface area contributed by atoms with Crippen LogP contribution in [0.4, 0.5) is 0 Å². The zero-order valence-corrected chi connectivity index (χ0v) is 13.2. The van der Waals surface area contributed by atoms with Crippen LogP contribution in [0.1, 0.15) is 78.6 Å². The Bertz CT molecular complexity index is 260. The Morgan fingerprint density at radius 2 is 1.89 bits per heavy atom. The summed E-state index contributed by atoms with van der Waals surface area (Å²) in [6, 6.07) is 0.728. The van der Waals surface area contributed by atoms with Crippen molar-refractivity contribution >= 4 is 0 Å². The van der Waals surface area contributed by atoms with Gasteiger partial charge in [0, 0.05) is 11.5 Å². The molecule has 3 unspecified atom stereocenters. The topological polar surface area (TPSA) is 21.3 Å². The van der Waals surface area contributed by atoms with Crippen molar-refractivity contribution < 1.29 is 4.74 Å². The van der Waals surface area contributed by atoms with Gasteiger partial charge in [-0.05, 0) is 45.6 Å². The molecule has 0 amide bonds. The van der Waals surface area contributed by atoms with Gasteiger partial charge in [0.15, 0.2) is 0 Å². The molecule has 2 aliphatic rings. The molecule has 1 spiro atoms. The Morgan fingerprint density at radius 3 is 2.53 bits per heavy atom. The number of ether oxygens (including phenoxy) is 1. The highest BCUT2D eigenvalue weighted by Crippen LogP contribution is 2.53. The van der Waals surface area contributed by atoms with Gasteiger partial charge >= 0.3 is 0 Å². The van der Waals surface area contributed by atoms with Gasteiger partial charge in [-0.3, -0.25) is 0 Å². The molecule has 2 aliphatic carbocycles. The zero-order chi connectivity index (χ0) is 13.7. The third-order valence-corrected chi connectivity index (χ3v) is 5.30. The molecule has 0 aromatic rings. The summed E-state index contributed by atoms with van der Waals surface area (Å²) in [5.74, 6) is 0. The lowest BCUT2D eigenvalue weighted by atomic mass is 9.55. The Kier molecular flexibility index (Phi) is 5.70. The minimum absolute atomic E-state index is 0.445. The maximum absolute atomic E-state index is 6.39. The SMILES string of the molecule is CCCNC1CC(OC(C)CCC)C12CCCCC2. The zero-order valence-electron chi connectivity index (χ0n) is 13.2. The third-order valence-electron chi connectivity index (χ3n) is 5.30. The molecule has 3 atom stereocenters. The molecule has 19 heavy (non-hydrogen) atoms. The van der Waals surface area contributed by atoms with Crippen molar-refractivity contribution in [2.45, 2.75) is 96.8 Å². The summed E-state index contributed by atoms with van der Waals surface area (Å²) in [5.41, 5.74) is 0.482. The van der Waals surface area contributed by atoms with Crippen LogP contribution in [0.25, 0.3) is 0 Å². The smallest absolute Gasteiger partial charge is 0.0664 e. The molecule has 2 nitrogen and oxygen atoms in total. The second kappa shape index (κ2) is 7.08. The largest absolute Gasteiger partial charge is 0.375 e. The number of hydrogen-bond donors (Lipinski definition) is 1. The molecule has 0 heterocycles. The van der Waals surface area contributed by atoms with Crippen molar-refractivity contribution in [1.29, 1.82) is 0 Å². The summed E-state index contributed by atoms with van der Waals surface area (Å²) < 4.78 is 6.39. The third kappa shape index (κ3) is 3.33. The molecule has 0 aliphatic heterocycles. The van der Waals surface area contributed by atoms with Crippen LogP contribution in [0, 0.1) is 5.41 Å². The van der Waals surface area contributed by atoms with E-state index in [0.717, 1.165) is 6.04 Å². The fraction of sp³-hybridized carbons (Fsp3) is 1.00. The predicted molar refractivity (Wildman–Crippen MR) is 81.5 cm³/mol. The van der Waals surface area contributed by atoms with Crippen molar-refractivity contribution in [3.8, 4) is 0 Å². The van der Waals surface area contributed by atoms with E-state index in [-0.39, 0.29) is 0 Å². The van der Waals surface area contributed by atoms with Gasteiger partial charge in [-0.15, -0.1) is 0 Å². The van der Waals surface area contributed by atoms with Crippen LogP contribution in [0.2, 0.25) is 0 Å². The molecule has 0 saturated heterocycles. The molecule has 2 rings (SSSR count). The van der Waals surface area contributed by atoms with Crippen LogP contribution < -0.4 is 5.32 Å². The molecule has 1 N–H and O–H groups in total. The fourth-order valence-corrected chi connectivity index (χ4v) is 4.18. The average Bonchev–Trinajstić information content (AvgIpc) is 2.43. The van der Waals surface area contributed by atoms with E-state index in [2.05, 4.69) is 26.1 Å². The van der Waals surface area contributed by atoms with E-state index in [1.807, 2.05) is 0 Å². The van der Waals surface area contributed by atoms with Crippen LogP contribution in [-0.4, -0.2) is 24.8 Å². The summed E-state index contributed by atoms with van der Waals surface area (Å²) in [4.78, 5) is 0. The van der Waals surface area contributed by atoms with E-state index in [1.165, 1.54) is 64.3 Å². The molecule has 0 aromatic carbocycles. The number of rotatable bonds is 7. The average molecular weight is 267 g/mol. The Balaban J connectivity index is 1.92. The van der Waals surface area contributed by atoms with Crippen LogP contribution in [0.15, 0.2) is 0 Å². The van der Waals surface area contributed by atoms with Gasteiger partial charge in [-0.2, -0.15) is 0 Å². The maximum atomic E-state index is 6.39. The summed E-state index contributed by atoms with van der Waals surface area (Å²) in [6.07, 6.45) is 12.9.